The van der Waals surface area contributed by atoms with E-state index < -0.39 is 0 Å². The Labute approximate surface area is 103 Å². The number of hydrogen-bond acceptors (Lipinski definition) is 3. The van der Waals surface area contributed by atoms with Crippen molar-refractivity contribution in [2.24, 2.45) is 5.41 Å². The fourth-order valence-corrected chi connectivity index (χ4v) is 2.54. The van der Waals surface area contributed by atoms with Gasteiger partial charge in [-0.3, -0.25) is 0 Å². The summed E-state index contributed by atoms with van der Waals surface area (Å²) in [6.07, 6.45) is 10.6. The summed E-state index contributed by atoms with van der Waals surface area (Å²) in [7, 11) is 0. The first kappa shape index (κ1) is 11.0. The molecule has 0 spiro atoms. The summed E-state index contributed by atoms with van der Waals surface area (Å²) in [5.41, 5.74) is 3.19. The minimum Gasteiger partial charge on any atom is -0.369 e. The monoisotopic (exact) mass is 231 g/mol. The quantitative estimate of drug-likeness (QED) is 0.813. The number of anilines is 1. The van der Waals surface area contributed by atoms with Crippen LogP contribution >= 0.6 is 0 Å². The minimum atomic E-state index is 0.530. The van der Waals surface area contributed by atoms with Crippen molar-refractivity contribution >= 4 is 5.82 Å². The average Bonchev–Trinajstić information content (AvgIpc) is 3.10. The van der Waals surface area contributed by atoms with Crippen molar-refractivity contribution in [1.82, 2.24) is 9.97 Å². The zero-order valence-electron chi connectivity index (χ0n) is 10.6. The van der Waals surface area contributed by atoms with Crippen molar-refractivity contribution in [3.63, 3.8) is 0 Å². The van der Waals surface area contributed by atoms with Crippen LogP contribution in [-0.2, 0) is 12.8 Å². The largest absolute Gasteiger partial charge is 0.369 e. The molecule has 0 radical (unpaired) electrons. The molecule has 3 rings (SSSR count). The van der Waals surface area contributed by atoms with Gasteiger partial charge < -0.3 is 5.32 Å². The number of fused-ring (bicyclic) bond motifs is 1. The summed E-state index contributed by atoms with van der Waals surface area (Å²) >= 11 is 0. The van der Waals surface area contributed by atoms with Gasteiger partial charge >= 0.3 is 0 Å². The SMILES string of the molecule is CC1(CNc2ncnc3c2CCCCC3)CC1. The summed E-state index contributed by atoms with van der Waals surface area (Å²) < 4.78 is 0. The summed E-state index contributed by atoms with van der Waals surface area (Å²) in [6.45, 7) is 3.41. The fourth-order valence-electron chi connectivity index (χ4n) is 2.54. The molecule has 0 saturated heterocycles. The van der Waals surface area contributed by atoms with Gasteiger partial charge in [-0.15, -0.1) is 0 Å². The van der Waals surface area contributed by atoms with Crippen LogP contribution in [0.4, 0.5) is 5.82 Å². The van der Waals surface area contributed by atoms with Gasteiger partial charge in [-0.25, -0.2) is 9.97 Å². The molecule has 1 N–H and O–H groups in total. The first-order valence-electron chi connectivity index (χ1n) is 6.83. The fraction of sp³-hybridized carbons (Fsp3) is 0.714. The zero-order chi connectivity index (χ0) is 11.7. The highest BCUT2D eigenvalue weighted by Gasteiger charge is 2.37. The summed E-state index contributed by atoms with van der Waals surface area (Å²) in [5.74, 6) is 1.10. The standard InChI is InChI=1S/C14H21N3/c1-14(7-8-14)9-15-13-11-5-3-2-4-6-12(11)16-10-17-13/h10H,2-9H2,1H3,(H,15,16,17). The summed E-state index contributed by atoms with van der Waals surface area (Å²) in [6, 6.07) is 0. The van der Waals surface area contributed by atoms with E-state index in [0.717, 1.165) is 25.2 Å². The van der Waals surface area contributed by atoms with Gasteiger partial charge in [0.05, 0.1) is 0 Å². The molecular weight excluding hydrogens is 210 g/mol. The van der Waals surface area contributed by atoms with E-state index in [9.17, 15) is 0 Å². The van der Waals surface area contributed by atoms with Gasteiger partial charge in [0.15, 0.2) is 0 Å². The number of aromatic nitrogens is 2. The van der Waals surface area contributed by atoms with Gasteiger partial charge in [-0.05, 0) is 43.9 Å². The van der Waals surface area contributed by atoms with E-state index in [1.165, 1.54) is 43.4 Å². The van der Waals surface area contributed by atoms with Crippen molar-refractivity contribution in [3.8, 4) is 0 Å². The molecule has 92 valence electrons. The highest BCUT2D eigenvalue weighted by Crippen LogP contribution is 2.44. The van der Waals surface area contributed by atoms with E-state index in [4.69, 9.17) is 0 Å². The molecule has 2 aliphatic rings. The lowest BCUT2D eigenvalue weighted by Gasteiger charge is -2.15. The molecule has 0 amide bonds. The van der Waals surface area contributed by atoms with Crippen molar-refractivity contribution in [1.29, 1.82) is 0 Å². The second-order valence-corrected chi connectivity index (χ2v) is 5.87. The molecule has 0 aliphatic heterocycles. The highest BCUT2D eigenvalue weighted by molar-refractivity contribution is 5.46. The molecule has 0 atom stereocenters. The maximum Gasteiger partial charge on any atom is 0.132 e. The topological polar surface area (TPSA) is 37.8 Å². The van der Waals surface area contributed by atoms with Crippen LogP contribution in [0.5, 0.6) is 0 Å². The van der Waals surface area contributed by atoms with Crippen LogP contribution in [0.1, 0.15) is 50.3 Å². The van der Waals surface area contributed by atoms with Crippen molar-refractivity contribution in [3.05, 3.63) is 17.6 Å². The Bertz CT molecular complexity index is 410. The van der Waals surface area contributed by atoms with Crippen LogP contribution in [0.3, 0.4) is 0 Å². The Balaban J connectivity index is 1.78. The van der Waals surface area contributed by atoms with Crippen molar-refractivity contribution in [2.75, 3.05) is 11.9 Å². The molecule has 1 aromatic rings. The third-order valence-electron chi connectivity index (χ3n) is 4.16. The molecule has 1 fully saturated rings. The van der Waals surface area contributed by atoms with Gasteiger partial charge in [-0.2, -0.15) is 0 Å². The van der Waals surface area contributed by atoms with E-state index >= 15 is 0 Å². The Morgan fingerprint density at radius 2 is 2.00 bits per heavy atom. The lowest BCUT2D eigenvalue weighted by molar-refractivity contribution is 0.608. The van der Waals surface area contributed by atoms with Gasteiger partial charge in [0, 0.05) is 17.8 Å². The highest BCUT2D eigenvalue weighted by atomic mass is 15.0. The molecule has 0 bridgehead atoms. The van der Waals surface area contributed by atoms with Gasteiger partial charge in [-0.1, -0.05) is 13.3 Å². The molecule has 2 aliphatic carbocycles. The van der Waals surface area contributed by atoms with E-state index in [2.05, 4.69) is 22.2 Å². The first-order chi connectivity index (χ1) is 8.27. The normalized spacial score (nSPS) is 21.5. The predicted molar refractivity (Wildman–Crippen MR) is 69.1 cm³/mol. The molecule has 3 nitrogen and oxygen atoms in total. The Hall–Kier alpha value is -1.12. The van der Waals surface area contributed by atoms with Crippen molar-refractivity contribution in [2.45, 2.75) is 51.9 Å². The maximum atomic E-state index is 4.45. The number of hydrogen-bond donors (Lipinski definition) is 1. The van der Waals surface area contributed by atoms with Gasteiger partial charge in [0.1, 0.15) is 12.1 Å². The number of rotatable bonds is 3. The van der Waals surface area contributed by atoms with Crippen LogP contribution in [0, 0.1) is 5.41 Å². The van der Waals surface area contributed by atoms with E-state index in [0.29, 0.717) is 5.41 Å². The third kappa shape index (κ3) is 2.43. The molecule has 1 heterocycles. The van der Waals surface area contributed by atoms with Crippen LogP contribution in [0.15, 0.2) is 6.33 Å². The second-order valence-electron chi connectivity index (χ2n) is 5.87. The molecule has 1 saturated carbocycles. The smallest absolute Gasteiger partial charge is 0.132 e. The first-order valence-corrected chi connectivity index (χ1v) is 6.83. The summed E-state index contributed by atoms with van der Waals surface area (Å²) in [4.78, 5) is 8.89. The number of nitrogens with zero attached hydrogens (tertiary/aromatic N) is 2. The number of aryl methyl sites for hydroxylation is 1. The van der Waals surface area contributed by atoms with Crippen LogP contribution in [-0.4, -0.2) is 16.5 Å². The van der Waals surface area contributed by atoms with E-state index in [1.807, 2.05) is 0 Å². The Kier molecular flexibility index (Phi) is 2.77. The molecule has 1 aromatic heterocycles. The third-order valence-corrected chi connectivity index (χ3v) is 4.16. The second kappa shape index (κ2) is 4.28. The van der Waals surface area contributed by atoms with Crippen molar-refractivity contribution < 1.29 is 0 Å². The van der Waals surface area contributed by atoms with Crippen LogP contribution in [0.25, 0.3) is 0 Å². The molecule has 0 unspecified atom stereocenters. The number of nitrogens with one attached hydrogen (secondary N) is 1. The molecule has 3 heteroatoms. The van der Waals surface area contributed by atoms with Gasteiger partial charge in [0.2, 0.25) is 0 Å². The predicted octanol–water partition coefficient (Wildman–Crippen LogP) is 2.96. The van der Waals surface area contributed by atoms with Crippen LogP contribution in [0.2, 0.25) is 0 Å². The molecule has 0 aromatic carbocycles. The minimum absolute atomic E-state index is 0.530. The zero-order valence-corrected chi connectivity index (χ0v) is 10.6. The van der Waals surface area contributed by atoms with E-state index in [1.54, 1.807) is 6.33 Å². The molecular formula is C14H21N3. The lowest BCUT2D eigenvalue weighted by Crippen LogP contribution is -2.15. The molecule has 17 heavy (non-hydrogen) atoms. The summed E-state index contributed by atoms with van der Waals surface area (Å²) in [5, 5.41) is 3.55. The van der Waals surface area contributed by atoms with Gasteiger partial charge in [0.25, 0.3) is 0 Å². The average molecular weight is 231 g/mol. The Morgan fingerprint density at radius 1 is 1.18 bits per heavy atom. The maximum absolute atomic E-state index is 4.45. The lowest BCUT2D eigenvalue weighted by atomic mass is 10.1. The van der Waals surface area contributed by atoms with E-state index in [-0.39, 0.29) is 0 Å². The Morgan fingerprint density at radius 3 is 2.82 bits per heavy atom. The van der Waals surface area contributed by atoms with Crippen LogP contribution < -0.4 is 5.32 Å².